The number of aliphatic hydroxyl groups excluding tert-OH is 2. The summed E-state index contributed by atoms with van der Waals surface area (Å²) in [6.07, 6.45) is 5.96. The average Bonchev–Trinajstić information content (AvgIpc) is 3.47. The number of nitrogens with zero attached hydrogens (tertiary/aromatic N) is 3. The van der Waals surface area contributed by atoms with Gasteiger partial charge in [0.15, 0.2) is 0 Å². The molecule has 3 aliphatic rings. The molecule has 0 spiro atoms. The van der Waals surface area contributed by atoms with E-state index in [2.05, 4.69) is 9.88 Å². The zero-order valence-corrected chi connectivity index (χ0v) is 19.7. The van der Waals surface area contributed by atoms with Crippen LogP contribution in [-0.2, 0) is 9.59 Å². The van der Waals surface area contributed by atoms with Crippen LogP contribution in [0.25, 0.3) is 10.4 Å². The molecular formula is C21H26N4O5S2. The number of carboxylic acids is 1. The van der Waals surface area contributed by atoms with E-state index in [1.807, 2.05) is 30.1 Å². The Balaban J connectivity index is 1.56. The number of aliphatic carboxylic acids is 1. The van der Waals surface area contributed by atoms with Gasteiger partial charge in [0.1, 0.15) is 12.2 Å². The number of fused-ring (bicyclic) bond motifs is 2. The van der Waals surface area contributed by atoms with Crippen molar-refractivity contribution in [3.8, 4) is 0 Å². The number of thioether (sulfide) groups is 1. The molecule has 9 nitrogen and oxygen atoms in total. The highest BCUT2D eigenvalue weighted by Gasteiger charge is 2.59. The molecule has 3 N–H and O–H groups in total. The molecule has 0 radical (unpaired) electrons. The molecule has 0 aliphatic carbocycles. The van der Waals surface area contributed by atoms with Crippen molar-refractivity contribution in [2.75, 3.05) is 19.4 Å². The molecule has 1 amide bonds. The number of carboxylic acid groups (broad SMARTS) is 1. The molecule has 0 saturated carbocycles. The van der Waals surface area contributed by atoms with Crippen LogP contribution in [0.1, 0.15) is 31.2 Å². The van der Waals surface area contributed by atoms with Crippen LogP contribution in [0.4, 0.5) is 0 Å². The molecule has 5 heterocycles. The highest BCUT2D eigenvalue weighted by molar-refractivity contribution is 7.98. The third-order valence-corrected chi connectivity index (χ3v) is 9.06. The summed E-state index contributed by atoms with van der Waals surface area (Å²) in [4.78, 5) is 27.7. The minimum absolute atomic E-state index is 0.0711. The van der Waals surface area contributed by atoms with E-state index >= 15 is 0 Å². The van der Waals surface area contributed by atoms with Gasteiger partial charge in [-0.25, -0.2) is 4.57 Å². The van der Waals surface area contributed by atoms with Crippen LogP contribution < -0.4 is 14.8 Å². The lowest BCUT2D eigenvalue weighted by atomic mass is 9.77. The number of carbonyl (C=O) groups is 2. The van der Waals surface area contributed by atoms with Gasteiger partial charge in [-0.2, -0.15) is 4.40 Å². The zero-order chi connectivity index (χ0) is 22.9. The number of rotatable bonds is 6. The van der Waals surface area contributed by atoms with Crippen molar-refractivity contribution in [3.63, 3.8) is 0 Å². The fourth-order valence-electron chi connectivity index (χ4n) is 5.51. The van der Waals surface area contributed by atoms with Gasteiger partial charge in [0, 0.05) is 30.5 Å². The largest absolute Gasteiger partial charge is 0.543 e. The second-order valence-electron chi connectivity index (χ2n) is 8.82. The number of aromatic nitrogens is 2. The number of amides is 1. The summed E-state index contributed by atoms with van der Waals surface area (Å²) in [5, 5.41) is 36.0. The van der Waals surface area contributed by atoms with Crippen molar-refractivity contribution in [1.82, 2.24) is 14.8 Å². The quantitative estimate of drug-likeness (QED) is 0.283. The standard InChI is InChI=1S/C21H26N4O5S2/c1-9-14(17(21(29)30)25-16(9)15(10(2)27)18(25)28)13-6-23-8-24(20(31-3)19(23)32-13)12-4-11(7-26)22-5-12/h6,8-12,15-16,22,26-27H,4-5,7H2,1-3H3/t9-,10+,11-,12+,15+,16+/m0/s1. The Labute approximate surface area is 193 Å². The predicted molar refractivity (Wildman–Crippen MR) is 117 cm³/mol. The van der Waals surface area contributed by atoms with Crippen LogP contribution in [0.15, 0.2) is 23.2 Å². The SMILES string of the molecule is CSc1c2sc(C3=C(C(=O)[O-])N4C(=O)[C@H]([C@@H](C)O)[C@H]4[C@H]3C)c[n+]2cn1[C@H]1CN[C@H](CO)C1. The van der Waals surface area contributed by atoms with E-state index in [1.54, 1.807) is 18.7 Å². The average molecular weight is 479 g/mol. The summed E-state index contributed by atoms with van der Waals surface area (Å²) in [6, 6.07) is -0.0357. The Morgan fingerprint density at radius 1 is 1.50 bits per heavy atom. The molecule has 2 fully saturated rings. The van der Waals surface area contributed by atoms with Crippen LogP contribution in [0.5, 0.6) is 0 Å². The molecule has 5 rings (SSSR count). The Bertz CT molecular complexity index is 1140. The number of imidazole rings is 1. The lowest BCUT2D eigenvalue weighted by Gasteiger charge is -2.47. The molecule has 2 aromatic rings. The number of hydrogen-bond acceptors (Lipinski definition) is 8. The molecule has 2 aromatic heterocycles. The number of carbonyl (C=O) groups excluding carboxylic acids is 2. The van der Waals surface area contributed by atoms with E-state index in [-0.39, 0.29) is 42.3 Å². The first-order valence-corrected chi connectivity index (χ1v) is 12.7. The Morgan fingerprint density at radius 2 is 2.25 bits per heavy atom. The highest BCUT2D eigenvalue weighted by atomic mass is 32.2. The van der Waals surface area contributed by atoms with Gasteiger partial charge in [-0.1, -0.05) is 30.0 Å². The minimum atomic E-state index is -1.36. The second-order valence-corrected chi connectivity index (χ2v) is 10.6. The van der Waals surface area contributed by atoms with Gasteiger partial charge in [-0.15, -0.1) is 0 Å². The van der Waals surface area contributed by atoms with Crippen LogP contribution in [0, 0.1) is 11.8 Å². The first-order chi connectivity index (χ1) is 15.3. The Hall–Kier alpha value is -1.92. The van der Waals surface area contributed by atoms with Crippen molar-refractivity contribution in [1.29, 1.82) is 0 Å². The molecule has 0 bridgehead atoms. The first kappa shape index (κ1) is 21.9. The van der Waals surface area contributed by atoms with Gasteiger partial charge in [0.25, 0.3) is 6.33 Å². The lowest BCUT2D eigenvalue weighted by Crippen LogP contribution is -2.64. The van der Waals surface area contributed by atoms with Crippen molar-refractivity contribution >= 4 is 45.4 Å². The zero-order valence-electron chi connectivity index (χ0n) is 18.0. The summed E-state index contributed by atoms with van der Waals surface area (Å²) >= 11 is 3.13. The summed E-state index contributed by atoms with van der Waals surface area (Å²) in [7, 11) is 0. The molecule has 2 saturated heterocycles. The third kappa shape index (κ3) is 2.98. The normalized spacial score (nSPS) is 30.8. The van der Waals surface area contributed by atoms with Gasteiger partial charge in [-0.3, -0.25) is 4.79 Å². The van der Waals surface area contributed by atoms with Gasteiger partial charge < -0.3 is 30.3 Å². The molecule has 6 atom stereocenters. The van der Waals surface area contributed by atoms with E-state index in [4.69, 9.17) is 0 Å². The van der Waals surface area contributed by atoms with Gasteiger partial charge >= 0.3 is 0 Å². The predicted octanol–water partition coefficient (Wildman–Crippen LogP) is -0.776. The van der Waals surface area contributed by atoms with E-state index in [1.165, 1.54) is 16.2 Å². The topological polar surface area (TPSA) is 122 Å². The van der Waals surface area contributed by atoms with Crippen molar-refractivity contribution in [2.24, 2.45) is 11.8 Å². The van der Waals surface area contributed by atoms with E-state index in [9.17, 15) is 24.9 Å². The number of thiazole rings is 1. The fraction of sp³-hybridized carbons (Fsp3) is 0.571. The monoisotopic (exact) mass is 478 g/mol. The lowest BCUT2D eigenvalue weighted by molar-refractivity contribution is -0.508. The van der Waals surface area contributed by atoms with E-state index < -0.39 is 18.0 Å². The second kappa shape index (κ2) is 7.84. The Morgan fingerprint density at radius 3 is 2.84 bits per heavy atom. The van der Waals surface area contributed by atoms with E-state index in [0.717, 1.165) is 27.7 Å². The molecule has 0 aromatic carbocycles. The molecular weight excluding hydrogens is 452 g/mol. The first-order valence-electron chi connectivity index (χ1n) is 10.7. The summed E-state index contributed by atoms with van der Waals surface area (Å²) < 4.78 is 4.23. The molecule has 3 aliphatic heterocycles. The van der Waals surface area contributed by atoms with E-state index in [0.29, 0.717) is 5.57 Å². The molecule has 32 heavy (non-hydrogen) atoms. The van der Waals surface area contributed by atoms with Crippen LogP contribution in [0.2, 0.25) is 0 Å². The van der Waals surface area contributed by atoms with Gasteiger partial charge in [0.05, 0.1) is 41.2 Å². The van der Waals surface area contributed by atoms with Crippen molar-refractivity contribution in [3.05, 3.63) is 23.1 Å². The van der Waals surface area contributed by atoms with Gasteiger partial charge in [0.2, 0.25) is 15.8 Å². The van der Waals surface area contributed by atoms with Gasteiger partial charge in [-0.05, 0) is 13.2 Å². The minimum Gasteiger partial charge on any atom is -0.543 e. The highest BCUT2D eigenvalue weighted by Crippen LogP contribution is 2.51. The summed E-state index contributed by atoms with van der Waals surface area (Å²) in [6.45, 7) is 4.38. The smallest absolute Gasteiger partial charge is 0.250 e. The third-order valence-electron chi connectivity index (χ3n) is 7.00. The Kier molecular flexibility index (Phi) is 5.37. The maximum Gasteiger partial charge on any atom is 0.250 e. The van der Waals surface area contributed by atoms with Crippen LogP contribution in [-0.4, -0.2) is 69.2 Å². The van der Waals surface area contributed by atoms with Crippen molar-refractivity contribution < 1.29 is 29.3 Å². The summed E-state index contributed by atoms with van der Waals surface area (Å²) in [5.41, 5.74) is 0.528. The summed E-state index contributed by atoms with van der Waals surface area (Å²) in [5.74, 6) is -2.54. The van der Waals surface area contributed by atoms with Crippen LogP contribution >= 0.6 is 23.1 Å². The fourth-order valence-corrected chi connectivity index (χ4v) is 7.74. The number of β-lactam (4-membered cyclic amide) rings is 1. The molecule has 0 unspecified atom stereocenters. The number of aliphatic hydroxyl groups is 2. The number of nitrogens with one attached hydrogen (secondary N) is 1. The van der Waals surface area contributed by atoms with Crippen LogP contribution in [0.3, 0.4) is 0 Å². The molecule has 172 valence electrons. The number of hydrogen-bond donors (Lipinski definition) is 3. The maximum atomic E-state index is 12.6. The van der Waals surface area contributed by atoms with Crippen molar-refractivity contribution in [2.45, 2.75) is 49.5 Å². The maximum absolute atomic E-state index is 12.6. The molecule has 11 heteroatoms.